The first-order valence-corrected chi connectivity index (χ1v) is 7.67. The van der Waals surface area contributed by atoms with E-state index < -0.39 is 6.10 Å². The summed E-state index contributed by atoms with van der Waals surface area (Å²) in [5.41, 5.74) is 0.541. The molecule has 0 aliphatic carbocycles. The zero-order chi connectivity index (χ0) is 15.6. The van der Waals surface area contributed by atoms with Gasteiger partial charge in [-0.25, -0.2) is 4.39 Å². The van der Waals surface area contributed by atoms with E-state index in [0.29, 0.717) is 5.56 Å². The molecule has 3 nitrogen and oxygen atoms in total. The fourth-order valence-corrected chi connectivity index (χ4v) is 3.03. The average Bonchev–Trinajstić information content (AvgIpc) is 2.42. The van der Waals surface area contributed by atoms with Crippen LogP contribution in [-0.4, -0.2) is 53.7 Å². The molecule has 1 fully saturated rings. The summed E-state index contributed by atoms with van der Waals surface area (Å²) < 4.78 is 13.8. The summed E-state index contributed by atoms with van der Waals surface area (Å²) in [6.45, 7) is 10.2. The minimum Gasteiger partial charge on any atom is -0.388 e. The SMILES string of the molecule is CC(CN1CCN(C)C(C)(C)C1)C(O)c1ccccc1F. The van der Waals surface area contributed by atoms with Gasteiger partial charge in [0.1, 0.15) is 5.82 Å². The van der Waals surface area contributed by atoms with Gasteiger partial charge in [-0.3, -0.25) is 9.80 Å². The third kappa shape index (κ3) is 3.82. The van der Waals surface area contributed by atoms with Crippen LogP contribution in [0.3, 0.4) is 0 Å². The summed E-state index contributed by atoms with van der Waals surface area (Å²) >= 11 is 0. The smallest absolute Gasteiger partial charge is 0.129 e. The molecule has 1 N–H and O–H groups in total. The Hall–Kier alpha value is -0.970. The van der Waals surface area contributed by atoms with Crippen molar-refractivity contribution >= 4 is 0 Å². The van der Waals surface area contributed by atoms with E-state index in [2.05, 4.69) is 30.7 Å². The van der Waals surface area contributed by atoms with Gasteiger partial charge in [0.25, 0.3) is 0 Å². The largest absolute Gasteiger partial charge is 0.388 e. The average molecular weight is 294 g/mol. The van der Waals surface area contributed by atoms with Crippen LogP contribution < -0.4 is 0 Å². The highest BCUT2D eigenvalue weighted by molar-refractivity contribution is 5.20. The number of hydrogen-bond donors (Lipinski definition) is 1. The number of likely N-dealkylation sites (N-methyl/N-ethyl adjacent to an activating group) is 1. The highest BCUT2D eigenvalue weighted by Crippen LogP contribution is 2.26. The molecule has 21 heavy (non-hydrogen) atoms. The molecule has 2 atom stereocenters. The van der Waals surface area contributed by atoms with Crippen molar-refractivity contribution in [1.29, 1.82) is 0 Å². The Labute approximate surface area is 127 Å². The molecular formula is C17H27FN2O. The molecule has 1 aliphatic heterocycles. The summed E-state index contributed by atoms with van der Waals surface area (Å²) in [5.74, 6) is -0.323. The third-order valence-electron chi connectivity index (χ3n) is 4.70. The Morgan fingerprint density at radius 1 is 1.29 bits per heavy atom. The zero-order valence-corrected chi connectivity index (χ0v) is 13.5. The van der Waals surface area contributed by atoms with Crippen molar-refractivity contribution in [3.8, 4) is 0 Å². The first-order valence-electron chi connectivity index (χ1n) is 7.67. The Morgan fingerprint density at radius 2 is 1.95 bits per heavy atom. The van der Waals surface area contributed by atoms with Crippen LogP contribution in [-0.2, 0) is 0 Å². The first kappa shape index (κ1) is 16.4. The zero-order valence-electron chi connectivity index (χ0n) is 13.5. The van der Waals surface area contributed by atoms with E-state index in [1.165, 1.54) is 6.07 Å². The van der Waals surface area contributed by atoms with E-state index in [4.69, 9.17) is 0 Å². The highest BCUT2D eigenvalue weighted by atomic mass is 19.1. The van der Waals surface area contributed by atoms with Gasteiger partial charge in [-0.15, -0.1) is 0 Å². The van der Waals surface area contributed by atoms with Gasteiger partial charge in [0.15, 0.2) is 0 Å². The van der Waals surface area contributed by atoms with E-state index in [0.717, 1.165) is 26.2 Å². The number of aliphatic hydroxyl groups is 1. The molecule has 1 aliphatic rings. The molecule has 0 bridgehead atoms. The number of piperazine rings is 1. The lowest BCUT2D eigenvalue weighted by molar-refractivity contribution is 0.0144. The maximum absolute atomic E-state index is 13.8. The maximum atomic E-state index is 13.8. The first-order chi connectivity index (χ1) is 9.81. The standard InChI is InChI=1S/C17H27FN2O/c1-13(16(21)14-7-5-6-8-15(14)18)11-20-10-9-19(4)17(2,3)12-20/h5-8,13,16,21H,9-12H2,1-4H3. The molecule has 0 radical (unpaired) electrons. The number of hydrogen-bond acceptors (Lipinski definition) is 3. The number of rotatable bonds is 4. The monoisotopic (exact) mass is 294 g/mol. The van der Waals surface area contributed by atoms with Crippen LogP contribution in [0.2, 0.25) is 0 Å². The molecule has 1 heterocycles. The molecular weight excluding hydrogens is 267 g/mol. The fraction of sp³-hybridized carbons (Fsp3) is 0.647. The van der Waals surface area contributed by atoms with E-state index >= 15 is 0 Å². The van der Waals surface area contributed by atoms with Gasteiger partial charge < -0.3 is 5.11 Å². The fourth-order valence-electron chi connectivity index (χ4n) is 3.03. The molecule has 2 unspecified atom stereocenters. The molecule has 1 aromatic carbocycles. The minimum absolute atomic E-state index is 0.00102. The van der Waals surface area contributed by atoms with E-state index in [9.17, 15) is 9.50 Å². The molecule has 0 saturated carbocycles. The molecule has 4 heteroatoms. The van der Waals surface area contributed by atoms with Crippen molar-refractivity contribution in [2.45, 2.75) is 32.4 Å². The van der Waals surface area contributed by atoms with Crippen LogP contribution >= 0.6 is 0 Å². The van der Waals surface area contributed by atoms with Gasteiger partial charge in [0.2, 0.25) is 0 Å². The lowest BCUT2D eigenvalue weighted by Crippen LogP contribution is -2.58. The number of halogens is 1. The predicted molar refractivity (Wildman–Crippen MR) is 83.7 cm³/mol. The van der Waals surface area contributed by atoms with Crippen LogP contribution in [0.5, 0.6) is 0 Å². The van der Waals surface area contributed by atoms with Gasteiger partial charge in [-0.2, -0.15) is 0 Å². The molecule has 1 saturated heterocycles. The lowest BCUT2D eigenvalue weighted by atomic mass is 9.94. The summed E-state index contributed by atoms with van der Waals surface area (Å²) in [5, 5.41) is 10.4. The normalized spacial score (nSPS) is 23.0. The Bertz CT molecular complexity index is 478. The summed E-state index contributed by atoms with van der Waals surface area (Å²) in [6.07, 6.45) is -0.756. The summed E-state index contributed by atoms with van der Waals surface area (Å²) in [6, 6.07) is 6.50. The van der Waals surface area contributed by atoms with Crippen LogP contribution in [0.15, 0.2) is 24.3 Å². The topological polar surface area (TPSA) is 26.7 Å². The molecule has 2 rings (SSSR count). The quantitative estimate of drug-likeness (QED) is 0.924. The summed E-state index contributed by atoms with van der Waals surface area (Å²) in [7, 11) is 2.15. The van der Waals surface area contributed by atoms with Crippen molar-refractivity contribution in [3.63, 3.8) is 0 Å². The Balaban J connectivity index is 1.98. The second-order valence-corrected chi connectivity index (χ2v) is 6.91. The molecule has 0 aromatic heterocycles. The van der Waals surface area contributed by atoms with E-state index in [1.807, 2.05) is 6.92 Å². The van der Waals surface area contributed by atoms with Gasteiger partial charge in [-0.05, 0) is 32.9 Å². The van der Waals surface area contributed by atoms with Crippen molar-refractivity contribution in [2.75, 3.05) is 33.2 Å². The Morgan fingerprint density at radius 3 is 2.57 bits per heavy atom. The highest BCUT2D eigenvalue weighted by Gasteiger charge is 2.32. The Kier molecular flexibility index (Phi) is 5.02. The number of benzene rings is 1. The molecule has 0 amide bonds. The van der Waals surface area contributed by atoms with Crippen LogP contribution in [0.25, 0.3) is 0 Å². The van der Waals surface area contributed by atoms with Crippen molar-refractivity contribution < 1.29 is 9.50 Å². The predicted octanol–water partition coefficient (Wildman–Crippen LogP) is 2.52. The second kappa shape index (κ2) is 6.42. The summed E-state index contributed by atoms with van der Waals surface area (Å²) in [4.78, 5) is 4.73. The van der Waals surface area contributed by atoms with Gasteiger partial charge in [-0.1, -0.05) is 25.1 Å². The van der Waals surface area contributed by atoms with Crippen LogP contribution in [0.4, 0.5) is 4.39 Å². The molecule has 1 aromatic rings. The minimum atomic E-state index is -0.756. The van der Waals surface area contributed by atoms with Crippen molar-refractivity contribution in [2.24, 2.45) is 5.92 Å². The molecule has 118 valence electrons. The van der Waals surface area contributed by atoms with Crippen LogP contribution in [0.1, 0.15) is 32.4 Å². The van der Waals surface area contributed by atoms with Crippen molar-refractivity contribution in [3.05, 3.63) is 35.6 Å². The van der Waals surface area contributed by atoms with Gasteiger partial charge in [0, 0.05) is 37.3 Å². The maximum Gasteiger partial charge on any atom is 0.129 e. The van der Waals surface area contributed by atoms with E-state index in [1.54, 1.807) is 18.2 Å². The van der Waals surface area contributed by atoms with Gasteiger partial charge >= 0.3 is 0 Å². The lowest BCUT2D eigenvalue weighted by Gasteiger charge is -2.46. The number of nitrogens with zero attached hydrogens (tertiary/aromatic N) is 2. The third-order valence-corrected chi connectivity index (χ3v) is 4.70. The van der Waals surface area contributed by atoms with Gasteiger partial charge in [0.05, 0.1) is 6.10 Å². The van der Waals surface area contributed by atoms with Crippen LogP contribution in [0, 0.1) is 11.7 Å². The van der Waals surface area contributed by atoms with Crippen molar-refractivity contribution in [1.82, 2.24) is 9.80 Å². The second-order valence-electron chi connectivity index (χ2n) is 6.91. The van der Waals surface area contributed by atoms with E-state index in [-0.39, 0.29) is 17.3 Å². The molecule has 0 spiro atoms. The number of aliphatic hydroxyl groups excluding tert-OH is 1.